The van der Waals surface area contributed by atoms with Crippen LogP contribution in [0.15, 0.2) is 41.3 Å². The highest BCUT2D eigenvalue weighted by Crippen LogP contribution is 2.27. The van der Waals surface area contributed by atoms with Crippen molar-refractivity contribution in [2.45, 2.75) is 78.9 Å². The van der Waals surface area contributed by atoms with E-state index >= 15 is 0 Å². The SMILES string of the molecule is CC.CC(=O)Cn1ccc2ccc(Cl)cc2c1=O.CC(CC(=O)OC1CCCCC1)C(=O)COc1c(F)c(F)cc(F)c1F. The van der Waals surface area contributed by atoms with Crippen LogP contribution in [0.1, 0.15) is 66.2 Å². The highest BCUT2D eigenvalue weighted by atomic mass is 35.5. The first-order chi connectivity index (χ1) is 20.9. The number of Topliss-reactive ketones (excluding diaryl/α,β-unsaturated/α-hetero) is 2. The third-order valence-corrected chi connectivity index (χ3v) is 6.87. The van der Waals surface area contributed by atoms with Crippen molar-refractivity contribution in [2.24, 2.45) is 5.92 Å². The van der Waals surface area contributed by atoms with Crippen LogP contribution in [0.25, 0.3) is 10.8 Å². The number of aromatic nitrogens is 1. The number of ether oxygens (including phenoxy) is 2. The molecule has 1 heterocycles. The van der Waals surface area contributed by atoms with Crippen molar-refractivity contribution in [1.29, 1.82) is 0 Å². The summed E-state index contributed by atoms with van der Waals surface area (Å²) in [5, 5.41) is 1.88. The smallest absolute Gasteiger partial charge is 0.306 e. The Morgan fingerprint density at radius 1 is 0.977 bits per heavy atom. The van der Waals surface area contributed by atoms with E-state index in [1.807, 2.05) is 13.8 Å². The van der Waals surface area contributed by atoms with Crippen molar-refractivity contribution in [3.05, 3.63) is 75.2 Å². The maximum Gasteiger partial charge on any atom is 0.306 e. The lowest BCUT2D eigenvalue weighted by Gasteiger charge is -2.22. The summed E-state index contributed by atoms with van der Waals surface area (Å²) in [6, 6.07) is 6.99. The van der Waals surface area contributed by atoms with E-state index in [2.05, 4.69) is 4.74 Å². The number of rotatable bonds is 9. The van der Waals surface area contributed by atoms with E-state index in [1.54, 1.807) is 30.5 Å². The first kappa shape index (κ1) is 36.5. The molecule has 0 bridgehead atoms. The zero-order valence-corrected chi connectivity index (χ0v) is 25.8. The third kappa shape index (κ3) is 10.5. The molecule has 0 amide bonds. The Morgan fingerprint density at radius 2 is 1.59 bits per heavy atom. The van der Waals surface area contributed by atoms with Gasteiger partial charge in [-0.05, 0) is 56.2 Å². The standard InChI is InChI=1S/C18H20F4O4.C12H10ClNO2.C2H6/c1-10(7-15(24)26-11-5-3-2-4-6-11)14(23)9-25-18-16(21)12(19)8-13(20)17(18)22;1-8(15)7-14-5-4-9-2-3-10(13)6-11(9)12(14)16;1-2/h8,10-11H,2-7,9H2,1H3;2-6H,7H2,1H3;1-2H3. The van der Waals surface area contributed by atoms with Gasteiger partial charge in [0.15, 0.2) is 23.2 Å². The van der Waals surface area contributed by atoms with Gasteiger partial charge in [-0.3, -0.25) is 19.2 Å². The largest absolute Gasteiger partial charge is 0.480 e. The van der Waals surface area contributed by atoms with Crippen LogP contribution in [-0.2, 0) is 25.7 Å². The van der Waals surface area contributed by atoms with Crippen molar-refractivity contribution < 1.29 is 41.4 Å². The van der Waals surface area contributed by atoms with Gasteiger partial charge in [0, 0.05) is 28.6 Å². The minimum atomic E-state index is -1.72. The zero-order valence-electron chi connectivity index (χ0n) is 25.1. The molecular formula is C32H36ClF4NO6. The summed E-state index contributed by atoms with van der Waals surface area (Å²) in [6.07, 6.45) is 5.94. The molecule has 2 aromatic carbocycles. The van der Waals surface area contributed by atoms with Crippen molar-refractivity contribution in [3.63, 3.8) is 0 Å². The molecule has 240 valence electrons. The minimum Gasteiger partial charge on any atom is -0.480 e. The number of halogens is 5. The third-order valence-electron chi connectivity index (χ3n) is 6.64. The van der Waals surface area contributed by atoms with Crippen LogP contribution >= 0.6 is 11.6 Å². The number of esters is 1. The molecule has 0 aliphatic heterocycles. The Labute approximate surface area is 258 Å². The highest BCUT2D eigenvalue weighted by molar-refractivity contribution is 6.31. The molecule has 44 heavy (non-hydrogen) atoms. The number of benzene rings is 2. The van der Waals surface area contributed by atoms with E-state index in [4.69, 9.17) is 16.3 Å². The predicted molar refractivity (Wildman–Crippen MR) is 159 cm³/mol. The van der Waals surface area contributed by atoms with Crippen molar-refractivity contribution in [1.82, 2.24) is 4.57 Å². The van der Waals surface area contributed by atoms with Gasteiger partial charge in [0.2, 0.25) is 11.6 Å². The number of fused-ring (bicyclic) bond motifs is 1. The number of nitrogens with zero attached hydrogens (tertiary/aromatic N) is 1. The molecule has 1 aliphatic rings. The number of hydrogen-bond acceptors (Lipinski definition) is 6. The Morgan fingerprint density at radius 3 is 2.18 bits per heavy atom. The average molecular weight is 642 g/mol. The second-order valence-corrected chi connectivity index (χ2v) is 10.5. The number of ketones is 2. The maximum absolute atomic E-state index is 13.5. The fraction of sp³-hybridized carbons (Fsp3) is 0.438. The van der Waals surface area contributed by atoms with Crippen LogP contribution in [0, 0.1) is 29.2 Å². The second-order valence-electron chi connectivity index (χ2n) is 10.1. The molecule has 1 aromatic heterocycles. The van der Waals surface area contributed by atoms with Gasteiger partial charge in [0.25, 0.3) is 5.56 Å². The van der Waals surface area contributed by atoms with Gasteiger partial charge < -0.3 is 14.0 Å². The number of hydrogen-bond donors (Lipinski definition) is 0. The molecular weight excluding hydrogens is 606 g/mol. The van der Waals surface area contributed by atoms with Gasteiger partial charge in [-0.2, -0.15) is 8.78 Å². The van der Waals surface area contributed by atoms with Crippen LogP contribution in [0.2, 0.25) is 5.02 Å². The summed E-state index contributed by atoms with van der Waals surface area (Å²) in [7, 11) is 0. The lowest BCUT2D eigenvalue weighted by atomic mass is 9.97. The molecule has 0 spiro atoms. The summed E-state index contributed by atoms with van der Waals surface area (Å²) in [5.41, 5.74) is -0.185. The summed E-state index contributed by atoms with van der Waals surface area (Å²) in [5.74, 6) is -10.1. The Hall–Kier alpha value is -3.73. The van der Waals surface area contributed by atoms with Gasteiger partial charge >= 0.3 is 5.97 Å². The lowest BCUT2D eigenvalue weighted by Crippen LogP contribution is -2.26. The van der Waals surface area contributed by atoms with Gasteiger partial charge in [0.05, 0.1) is 13.0 Å². The molecule has 0 radical (unpaired) electrons. The number of carbonyl (C=O) groups is 3. The summed E-state index contributed by atoms with van der Waals surface area (Å²) >= 11 is 5.83. The van der Waals surface area contributed by atoms with E-state index in [0.717, 1.165) is 37.5 Å². The summed E-state index contributed by atoms with van der Waals surface area (Å²) in [4.78, 5) is 46.8. The van der Waals surface area contributed by atoms with Crippen LogP contribution in [0.3, 0.4) is 0 Å². The Kier molecular flexibility index (Phi) is 14.5. The van der Waals surface area contributed by atoms with Crippen LogP contribution in [0.5, 0.6) is 5.75 Å². The van der Waals surface area contributed by atoms with E-state index in [9.17, 15) is 36.7 Å². The minimum absolute atomic E-state index is 0.0449. The molecule has 4 rings (SSSR count). The molecule has 1 atom stereocenters. The van der Waals surface area contributed by atoms with E-state index in [-0.39, 0.29) is 36.5 Å². The van der Waals surface area contributed by atoms with Gasteiger partial charge in [-0.1, -0.05) is 44.9 Å². The molecule has 1 fully saturated rings. The van der Waals surface area contributed by atoms with E-state index in [1.165, 1.54) is 18.4 Å². The summed E-state index contributed by atoms with van der Waals surface area (Å²) in [6.45, 7) is 6.16. The average Bonchev–Trinajstić information content (AvgIpc) is 2.99. The fourth-order valence-corrected chi connectivity index (χ4v) is 4.53. The lowest BCUT2D eigenvalue weighted by molar-refractivity contribution is -0.153. The number of carbonyl (C=O) groups excluding carboxylic acids is 3. The van der Waals surface area contributed by atoms with E-state index < -0.39 is 53.3 Å². The Bertz CT molecular complexity index is 1490. The van der Waals surface area contributed by atoms with Gasteiger partial charge in [0.1, 0.15) is 18.5 Å². The topological polar surface area (TPSA) is 91.7 Å². The van der Waals surface area contributed by atoms with Crippen molar-refractivity contribution in [3.8, 4) is 5.75 Å². The molecule has 0 saturated heterocycles. The monoisotopic (exact) mass is 641 g/mol. The van der Waals surface area contributed by atoms with Gasteiger partial charge in [-0.15, -0.1) is 0 Å². The zero-order chi connectivity index (χ0) is 33.0. The predicted octanol–water partition coefficient (Wildman–Crippen LogP) is 7.36. The maximum atomic E-state index is 13.5. The molecule has 3 aromatic rings. The van der Waals surface area contributed by atoms with Crippen molar-refractivity contribution in [2.75, 3.05) is 6.61 Å². The number of pyridine rings is 1. The van der Waals surface area contributed by atoms with Crippen LogP contribution < -0.4 is 10.3 Å². The van der Waals surface area contributed by atoms with Crippen LogP contribution in [0.4, 0.5) is 17.6 Å². The molecule has 1 saturated carbocycles. The quantitative estimate of drug-likeness (QED) is 0.138. The Balaban J connectivity index is 0.000000320. The van der Waals surface area contributed by atoms with Crippen molar-refractivity contribution >= 4 is 39.9 Å². The normalized spacial score (nSPS) is 13.6. The van der Waals surface area contributed by atoms with Gasteiger partial charge in [-0.25, -0.2) is 8.78 Å². The molecule has 1 aliphatic carbocycles. The molecule has 0 N–H and O–H groups in total. The first-order valence-corrected chi connectivity index (χ1v) is 14.7. The first-order valence-electron chi connectivity index (χ1n) is 14.3. The second kappa shape index (κ2) is 17.5. The molecule has 7 nitrogen and oxygen atoms in total. The molecule has 1 unspecified atom stereocenters. The highest BCUT2D eigenvalue weighted by Gasteiger charge is 2.25. The fourth-order valence-electron chi connectivity index (χ4n) is 4.36. The van der Waals surface area contributed by atoms with Crippen LogP contribution in [-0.4, -0.2) is 34.8 Å². The van der Waals surface area contributed by atoms with E-state index in [0.29, 0.717) is 10.4 Å². The molecule has 12 heteroatoms. The summed E-state index contributed by atoms with van der Waals surface area (Å²) < 4.78 is 64.4.